The Morgan fingerprint density at radius 1 is 1.22 bits per heavy atom. The highest BCUT2D eigenvalue weighted by atomic mass is 16.3. The molecule has 0 aromatic heterocycles. The Labute approximate surface area is 108 Å². The molecular weight excluding hydrogens is 232 g/mol. The summed E-state index contributed by atoms with van der Waals surface area (Å²) in [5.41, 5.74) is -0.815. The average molecular weight is 256 g/mol. The van der Waals surface area contributed by atoms with Gasteiger partial charge in [-0.1, -0.05) is 12.8 Å². The van der Waals surface area contributed by atoms with E-state index in [9.17, 15) is 14.7 Å². The van der Waals surface area contributed by atoms with Gasteiger partial charge in [0, 0.05) is 19.0 Å². The average Bonchev–Trinajstić information content (AvgIpc) is 2.63. The molecule has 3 N–H and O–H groups in total. The van der Waals surface area contributed by atoms with Crippen LogP contribution < -0.4 is 10.6 Å². The lowest BCUT2D eigenvalue weighted by molar-refractivity contribution is -0.126. The van der Waals surface area contributed by atoms with Gasteiger partial charge < -0.3 is 15.7 Å². The number of carbonyl (C=O) groups is 2. The predicted octanol–water partition coefficient (Wildman–Crippen LogP) is 0.712. The van der Waals surface area contributed by atoms with Crippen LogP contribution in [0.3, 0.4) is 0 Å². The van der Waals surface area contributed by atoms with Crippen molar-refractivity contribution in [1.82, 2.24) is 10.6 Å². The van der Waals surface area contributed by atoms with Crippen molar-refractivity contribution in [3.8, 4) is 0 Å². The van der Waals surface area contributed by atoms with Crippen molar-refractivity contribution < 1.29 is 14.7 Å². The molecule has 5 heteroatoms. The van der Waals surface area contributed by atoms with Crippen molar-refractivity contribution >= 4 is 11.8 Å². The summed E-state index contributed by atoms with van der Waals surface area (Å²) in [5, 5.41) is 15.5. The summed E-state index contributed by atoms with van der Waals surface area (Å²) in [6.45, 7) is 4.12. The van der Waals surface area contributed by atoms with Crippen molar-refractivity contribution in [2.45, 2.75) is 64.0 Å². The minimum Gasteiger partial charge on any atom is -0.389 e. The van der Waals surface area contributed by atoms with Gasteiger partial charge in [-0.3, -0.25) is 9.59 Å². The molecule has 0 atom stereocenters. The van der Waals surface area contributed by atoms with Gasteiger partial charge in [0.1, 0.15) is 0 Å². The summed E-state index contributed by atoms with van der Waals surface area (Å²) in [7, 11) is 0. The van der Waals surface area contributed by atoms with E-state index in [1.807, 2.05) is 13.8 Å². The van der Waals surface area contributed by atoms with Crippen LogP contribution in [0.5, 0.6) is 0 Å². The Kier molecular flexibility index (Phi) is 5.59. The molecule has 0 aromatic carbocycles. The highest BCUT2D eigenvalue weighted by Gasteiger charge is 2.33. The summed E-state index contributed by atoms with van der Waals surface area (Å²) < 4.78 is 0. The molecule has 1 fully saturated rings. The molecule has 18 heavy (non-hydrogen) atoms. The van der Waals surface area contributed by atoms with Gasteiger partial charge in [-0.15, -0.1) is 0 Å². The standard InChI is InChI=1S/C13H24N2O3/c1-10(2)15-11(16)5-8-14-12(17)9-13(18)6-3-4-7-13/h10,18H,3-9H2,1-2H3,(H,14,17)(H,15,16). The number of nitrogens with one attached hydrogen (secondary N) is 2. The molecular formula is C13H24N2O3. The summed E-state index contributed by atoms with van der Waals surface area (Å²) in [6.07, 6.45) is 3.81. The molecule has 104 valence electrons. The van der Waals surface area contributed by atoms with Gasteiger partial charge in [0.05, 0.1) is 12.0 Å². The number of carbonyl (C=O) groups excluding carboxylic acids is 2. The largest absolute Gasteiger partial charge is 0.389 e. The fraction of sp³-hybridized carbons (Fsp3) is 0.846. The number of hydrogen-bond donors (Lipinski definition) is 3. The van der Waals surface area contributed by atoms with Crippen LogP contribution in [0, 0.1) is 0 Å². The van der Waals surface area contributed by atoms with Crippen LogP contribution in [-0.4, -0.2) is 35.1 Å². The fourth-order valence-electron chi connectivity index (χ4n) is 2.28. The van der Waals surface area contributed by atoms with Crippen LogP contribution in [0.2, 0.25) is 0 Å². The summed E-state index contributed by atoms with van der Waals surface area (Å²) in [6, 6.07) is 0.118. The molecule has 0 aromatic rings. The third kappa shape index (κ3) is 5.49. The molecule has 0 spiro atoms. The molecule has 1 saturated carbocycles. The van der Waals surface area contributed by atoms with Gasteiger partial charge in [0.25, 0.3) is 0 Å². The summed E-state index contributed by atoms with van der Waals surface area (Å²) >= 11 is 0. The van der Waals surface area contributed by atoms with Crippen LogP contribution in [0.25, 0.3) is 0 Å². The van der Waals surface area contributed by atoms with E-state index in [1.54, 1.807) is 0 Å². The maximum Gasteiger partial charge on any atom is 0.222 e. The number of hydrogen-bond acceptors (Lipinski definition) is 3. The Morgan fingerprint density at radius 3 is 2.39 bits per heavy atom. The zero-order chi connectivity index (χ0) is 13.6. The van der Waals surface area contributed by atoms with Crippen LogP contribution >= 0.6 is 0 Å². The molecule has 0 aliphatic heterocycles. The zero-order valence-corrected chi connectivity index (χ0v) is 11.3. The van der Waals surface area contributed by atoms with E-state index in [0.29, 0.717) is 19.4 Å². The fourth-order valence-corrected chi connectivity index (χ4v) is 2.28. The molecule has 0 saturated heterocycles. The Balaban J connectivity index is 2.15. The monoisotopic (exact) mass is 256 g/mol. The highest BCUT2D eigenvalue weighted by Crippen LogP contribution is 2.32. The Hall–Kier alpha value is -1.10. The molecule has 0 bridgehead atoms. The van der Waals surface area contributed by atoms with E-state index >= 15 is 0 Å². The summed E-state index contributed by atoms with van der Waals surface area (Å²) in [4.78, 5) is 22.9. The van der Waals surface area contributed by atoms with Crippen LogP contribution in [0.1, 0.15) is 52.4 Å². The number of aliphatic hydroxyl groups is 1. The van der Waals surface area contributed by atoms with Crippen molar-refractivity contribution in [1.29, 1.82) is 0 Å². The first kappa shape index (κ1) is 15.0. The molecule has 0 heterocycles. The molecule has 1 aliphatic carbocycles. The molecule has 1 aliphatic rings. The van der Waals surface area contributed by atoms with E-state index in [0.717, 1.165) is 12.8 Å². The summed E-state index contributed by atoms with van der Waals surface area (Å²) in [5.74, 6) is -0.235. The second-order valence-corrected chi connectivity index (χ2v) is 5.43. The van der Waals surface area contributed by atoms with Gasteiger partial charge in [-0.25, -0.2) is 0 Å². The maximum absolute atomic E-state index is 11.6. The third-order valence-electron chi connectivity index (χ3n) is 3.15. The molecule has 0 radical (unpaired) electrons. The maximum atomic E-state index is 11.6. The van der Waals surface area contributed by atoms with Crippen molar-refractivity contribution in [3.63, 3.8) is 0 Å². The van der Waals surface area contributed by atoms with Crippen molar-refractivity contribution in [2.75, 3.05) is 6.54 Å². The normalized spacial score (nSPS) is 17.8. The Bertz CT molecular complexity index is 297. The second kappa shape index (κ2) is 6.73. The minimum absolute atomic E-state index is 0.0649. The van der Waals surface area contributed by atoms with E-state index in [-0.39, 0.29) is 30.7 Å². The lowest BCUT2D eigenvalue weighted by atomic mass is 9.98. The smallest absolute Gasteiger partial charge is 0.222 e. The van der Waals surface area contributed by atoms with Crippen LogP contribution in [-0.2, 0) is 9.59 Å². The first-order valence-electron chi connectivity index (χ1n) is 6.70. The number of amides is 2. The van der Waals surface area contributed by atoms with Crippen LogP contribution in [0.4, 0.5) is 0 Å². The third-order valence-corrected chi connectivity index (χ3v) is 3.15. The van der Waals surface area contributed by atoms with Crippen LogP contribution in [0.15, 0.2) is 0 Å². The molecule has 0 unspecified atom stereocenters. The van der Waals surface area contributed by atoms with Gasteiger partial charge in [-0.2, -0.15) is 0 Å². The van der Waals surface area contributed by atoms with Gasteiger partial charge in [0.15, 0.2) is 0 Å². The van der Waals surface area contributed by atoms with Gasteiger partial charge >= 0.3 is 0 Å². The molecule has 5 nitrogen and oxygen atoms in total. The lowest BCUT2D eigenvalue weighted by Gasteiger charge is -2.21. The second-order valence-electron chi connectivity index (χ2n) is 5.43. The quantitative estimate of drug-likeness (QED) is 0.655. The van der Waals surface area contributed by atoms with E-state index < -0.39 is 5.60 Å². The minimum atomic E-state index is -0.815. The predicted molar refractivity (Wildman–Crippen MR) is 68.9 cm³/mol. The van der Waals surface area contributed by atoms with Crippen molar-refractivity contribution in [2.24, 2.45) is 0 Å². The first-order chi connectivity index (χ1) is 8.41. The van der Waals surface area contributed by atoms with Crippen molar-refractivity contribution in [3.05, 3.63) is 0 Å². The van der Waals surface area contributed by atoms with E-state index in [1.165, 1.54) is 0 Å². The van der Waals surface area contributed by atoms with Gasteiger partial charge in [0.2, 0.25) is 11.8 Å². The SMILES string of the molecule is CC(C)NC(=O)CCNC(=O)CC1(O)CCCC1. The molecule has 1 rings (SSSR count). The molecule has 2 amide bonds. The van der Waals surface area contributed by atoms with E-state index in [2.05, 4.69) is 10.6 Å². The highest BCUT2D eigenvalue weighted by molar-refractivity contribution is 5.79. The van der Waals surface area contributed by atoms with E-state index in [4.69, 9.17) is 0 Å². The zero-order valence-electron chi connectivity index (χ0n) is 11.3. The first-order valence-corrected chi connectivity index (χ1v) is 6.70. The lowest BCUT2D eigenvalue weighted by Crippen LogP contribution is -2.37. The number of rotatable bonds is 6. The topological polar surface area (TPSA) is 78.4 Å². The van der Waals surface area contributed by atoms with Gasteiger partial charge in [-0.05, 0) is 26.7 Å². The Morgan fingerprint density at radius 2 is 1.83 bits per heavy atom.